The van der Waals surface area contributed by atoms with Crippen molar-refractivity contribution in [2.45, 2.75) is 6.92 Å². The van der Waals surface area contributed by atoms with Gasteiger partial charge in [-0.25, -0.2) is 9.79 Å². The van der Waals surface area contributed by atoms with E-state index < -0.39 is 12.9 Å². The Hall–Kier alpha value is -3.01. The summed E-state index contributed by atoms with van der Waals surface area (Å²) in [5.41, 5.74) is 0.658. The van der Waals surface area contributed by atoms with Crippen molar-refractivity contribution >= 4 is 81.6 Å². The van der Waals surface area contributed by atoms with Gasteiger partial charge in [0.1, 0.15) is 10.7 Å². The zero-order chi connectivity index (χ0) is 26.8. The largest absolute Gasteiger partial charge is 0.462 e. The highest BCUT2D eigenvalue weighted by Crippen LogP contribution is 2.51. The van der Waals surface area contributed by atoms with Gasteiger partial charge in [0, 0.05) is 4.47 Å². The Balaban J connectivity index is 2.00. The number of benzene rings is 4. The highest BCUT2D eigenvalue weighted by atomic mass is 79.9. The van der Waals surface area contributed by atoms with Crippen LogP contribution in [0.15, 0.2) is 125 Å². The number of nitriles is 1. The minimum absolute atomic E-state index is 0.240. The van der Waals surface area contributed by atoms with E-state index >= 15 is 0 Å². The van der Waals surface area contributed by atoms with Crippen LogP contribution in [0.1, 0.15) is 6.92 Å². The van der Waals surface area contributed by atoms with Crippen molar-refractivity contribution < 1.29 is 9.53 Å². The van der Waals surface area contributed by atoms with Gasteiger partial charge >= 0.3 is 5.97 Å². The molecule has 0 aliphatic rings. The summed E-state index contributed by atoms with van der Waals surface area (Å²) in [6.07, 6.45) is 0. The lowest BCUT2D eigenvalue weighted by atomic mass is 10.3. The average Bonchev–Trinajstić information content (AvgIpc) is 2.97. The quantitative estimate of drug-likeness (QED) is 0.0695. The fourth-order valence-corrected chi connectivity index (χ4v) is 12.1. The highest BCUT2D eigenvalue weighted by Gasteiger charge is 2.35. The minimum Gasteiger partial charge on any atom is -0.462 e. The summed E-state index contributed by atoms with van der Waals surface area (Å²) in [5, 5.41) is 13.2. The van der Waals surface area contributed by atoms with Crippen LogP contribution in [-0.4, -0.2) is 22.2 Å². The standard InChI is InChI=1S/C30H24BrN2O2PS2/c1-2-35-29(34)30(38-37-28(22-32)33-24-20-18-23(31)19-21-24)36(25-12-6-3-7-13-25,26-14-8-4-9-15-26)27-16-10-5-11-17-27/h3-21H,2H2,1H3. The lowest BCUT2D eigenvalue weighted by Gasteiger charge is -2.31. The summed E-state index contributed by atoms with van der Waals surface area (Å²) in [4.78, 5) is 18.3. The van der Waals surface area contributed by atoms with Crippen molar-refractivity contribution in [2.24, 2.45) is 4.99 Å². The summed E-state index contributed by atoms with van der Waals surface area (Å²) in [5.74, 6) is -0.393. The number of carbonyl (C=O) groups excluding carboxylic acids is 1. The summed E-state index contributed by atoms with van der Waals surface area (Å²) < 4.78 is 7.14. The molecule has 0 amide bonds. The monoisotopic (exact) mass is 618 g/mol. The Bertz CT molecular complexity index is 1400. The molecule has 0 radical (unpaired) electrons. The zero-order valence-corrected chi connectivity index (χ0v) is 24.6. The Morgan fingerprint density at radius 3 is 1.71 bits per heavy atom. The fourth-order valence-electron chi connectivity index (χ4n) is 3.95. The van der Waals surface area contributed by atoms with E-state index in [1.807, 2.05) is 78.9 Å². The van der Waals surface area contributed by atoms with Crippen molar-refractivity contribution in [1.29, 1.82) is 5.26 Å². The van der Waals surface area contributed by atoms with Gasteiger partial charge in [-0.3, -0.25) is 0 Å². The molecule has 0 atom stereocenters. The molecule has 0 heterocycles. The Morgan fingerprint density at radius 1 is 0.816 bits per heavy atom. The van der Waals surface area contributed by atoms with Crippen molar-refractivity contribution in [3.8, 4) is 6.07 Å². The van der Waals surface area contributed by atoms with Gasteiger partial charge in [0.15, 0.2) is 5.04 Å². The molecule has 0 aliphatic heterocycles. The van der Waals surface area contributed by atoms with E-state index in [0.29, 0.717) is 10.3 Å². The predicted molar refractivity (Wildman–Crippen MR) is 169 cm³/mol. The van der Waals surface area contributed by atoms with E-state index in [4.69, 9.17) is 4.74 Å². The third-order valence-electron chi connectivity index (χ3n) is 5.54. The molecule has 4 aromatic carbocycles. The molecule has 4 nitrogen and oxygen atoms in total. The molecule has 0 spiro atoms. The molecule has 38 heavy (non-hydrogen) atoms. The van der Waals surface area contributed by atoms with Crippen LogP contribution in [0.4, 0.5) is 5.69 Å². The first-order valence-electron chi connectivity index (χ1n) is 11.8. The van der Waals surface area contributed by atoms with E-state index in [-0.39, 0.29) is 11.7 Å². The second-order valence-corrected chi connectivity index (χ2v) is 14.6. The number of halogens is 1. The maximum absolute atomic E-state index is 13.8. The molecule has 0 saturated heterocycles. The molecular formula is C30H24BrN2O2PS2. The van der Waals surface area contributed by atoms with E-state index in [2.05, 4.69) is 63.4 Å². The third-order valence-corrected chi connectivity index (χ3v) is 13.5. The lowest BCUT2D eigenvalue weighted by Crippen LogP contribution is -2.32. The molecule has 190 valence electrons. The Morgan fingerprint density at radius 2 is 1.29 bits per heavy atom. The van der Waals surface area contributed by atoms with Gasteiger partial charge in [-0.2, -0.15) is 5.26 Å². The topological polar surface area (TPSA) is 62.5 Å². The lowest BCUT2D eigenvalue weighted by molar-refractivity contribution is -0.134. The van der Waals surface area contributed by atoms with Crippen molar-refractivity contribution in [3.63, 3.8) is 0 Å². The van der Waals surface area contributed by atoms with Crippen LogP contribution < -0.4 is 15.9 Å². The van der Waals surface area contributed by atoms with Gasteiger partial charge in [-0.05, 0) is 75.6 Å². The Kier molecular flexibility index (Phi) is 10.1. The average molecular weight is 620 g/mol. The fraction of sp³-hybridized carbons (Fsp3) is 0.0667. The van der Waals surface area contributed by atoms with E-state index in [9.17, 15) is 10.1 Å². The second-order valence-electron chi connectivity index (χ2n) is 7.87. The first kappa shape index (κ1) is 28.0. The van der Waals surface area contributed by atoms with Gasteiger partial charge in [-0.15, -0.1) is 0 Å². The second kappa shape index (κ2) is 13.7. The maximum atomic E-state index is 13.8. The van der Waals surface area contributed by atoms with Crippen LogP contribution in [0.5, 0.6) is 0 Å². The molecule has 4 rings (SSSR count). The number of nitrogens with zero attached hydrogens (tertiary/aromatic N) is 2. The summed E-state index contributed by atoms with van der Waals surface area (Å²) >= 11 is 3.42. The highest BCUT2D eigenvalue weighted by molar-refractivity contribution is 9.10. The molecule has 0 fully saturated rings. The van der Waals surface area contributed by atoms with Gasteiger partial charge in [0.2, 0.25) is 0 Å². The van der Waals surface area contributed by atoms with Crippen LogP contribution >= 0.6 is 44.4 Å². The van der Waals surface area contributed by atoms with Crippen LogP contribution in [0.25, 0.3) is 0 Å². The van der Waals surface area contributed by atoms with E-state index in [1.54, 1.807) is 6.92 Å². The SMILES string of the molecule is CCOC(=O)C(SSC(C#N)=Nc1ccc(Br)cc1)=P(c1ccccc1)(c1ccccc1)c1ccccc1. The van der Waals surface area contributed by atoms with Crippen LogP contribution in [0, 0.1) is 11.3 Å². The van der Waals surface area contributed by atoms with E-state index in [0.717, 1.165) is 20.4 Å². The van der Waals surface area contributed by atoms with Gasteiger partial charge in [0.05, 0.1) is 12.3 Å². The van der Waals surface area contributed by atoms with E-state index in [1.165, 1.54) is 21.6 Å². The smallest absolute Gasteiger partial charge is 0.346 e. The maximum Gasteiger partial charge on any atom is 0.346 e. The van der Waals surface area contributed by atoms with Crippen molar-refractivity contribution in [3.05, 3.63) is 120 Å². The molecule has 0 saturated carbocycles. The number of esters is 1. The molecular weight excluding hydrogens is 595 g/mol. The molecule has 8 heteroatoms. The minimum atomic E-state index is -2.69. The molecule has 0 aliphatic carbocycles. The number of hydrogen-bond donors (Lipinski definition) is 0. The summed E-state index contributed by atoms with van der Waals surface area (Å²) in [6.45, 7) is -0.649. The van der Waals surface area contributed by atoms with Crippen molar-refractivity contribution in [1.82, 2.24) is 0 Å². The van der Waals surface area contributed by atoms with Crippen molar-refractivity contribution in [2.75, 3.05) is 6.61 Å². The first-order valence-corrected chi connectivity index (χ1v) is 16.5. The molecule has 0 aromatic heterocycles. The summed E-state index contributed by atoms with van der Waals surface area (Å²) in [6, 6.07) is 39.9. The van der Waals surface area contributed by atoms with Crippen LogP contribution in [0.3, 0.4) is 0 Å². The zero-order valence-electron chi connectivity index (χ0n) is 20.5. The molecule has 4 aromatic rings. The number of ether oxygens (including phenoxy) is 1. The number of aliphatic imine (C=N–C) groups is 1. The number of hydrogen-bond acceptors (Lipinski definition) is 6. The molecule has 0 N–H and O–H groups in total. The van der Waals surface area contributed by atoms with Crippen LogP contribution in [0.2, 0.25) is 0 Å². The number of rotatable bonds is 8. The Labute approximate surface area is 239 Å². The normalized spacial score (nSPS) is 11.4. The van der Waals surface area contributed by atoms with Gasteiger partial charge in [-0.1, -0.05) is 107 Å². The van der Waals surface area contributed by atoms with Gasteiger partial charge in [0.25, 0.3) is 0 Å². The number of carbonyl (C=O) groups is 1. The predicted octanol–water partition coefficient (Wildman–Crippen LogP) is 7.07. The van der Waals surface area contributed by atoms with Crippen LogP contribution in [-0.2, 0) is 9.53 Å². The molecule has 0 bridgehead atoms. The third kappa shape index (κ3) is 6.34. The molecule has 0 unspecified atom stereocenters. The first-order chi connectivity index (χ1) is 18.6. The van der Waals surface area contributed by atoms with Gasteiger partial charge < -0.3 is 4.74 Å². The summed E-state index contributed by atoms with van der Waals surface area (Å²) in [7, 11) is 2.44.